The summed E-state index contributed by atoms with van der Waals surface area (Å²) in [6.45, 7) is 6.59. The van der Waals surface area contributed by atoms with E-state index in [9.17, 15) is 0 Å². The topological polar surface area (TPSA) is 59.6 Å². The van der Waals surface area contributed by atoms with Crippen LogP contribution in [0.15, 0.2) is 27.7 Å². The van der Waals surface area contributed by atoms with E-state index >= 15 is 0 Å². The molecule has 3 N–H and O–H groups in total. The summed E-state index contributed by atoms with van der Waals surface area (Å²) in [6, 6.07) is 5.82. The highest BCUT2D eigenvalue weighted by Crippen LogP contribution is 2.23. The van der Waals surface area contributed by atoms with Crippen molar-refractivity contribution >= 4 is 45.9 Å². The average molecular weight is 442 g/mol. The SMILES string of the molecule is COc1ccc(Br)cc1CN=C(N)NC(C)(C)C.I. The monoisotopic (exact) mass is 441 g/mol. The largest absolute Gasteiger partial charge is 0.496 e. The highest BCUT2D eigenvalue weighted by Gasteiger charge is 2.10. The molecule has 1 rings (SSSR count). The number of benzene rings is 1. The molecule has 4 nitrogen and oxygen atoms in total. The quantitative estimate of drug-likeness (QED) is 0.430. The Hall–Kier alpha value is -0.500. The lowest BCUT2D eigenvalue weighted by atomic mass is 10.1. The van der Waals surface area contributed by atoms with Crippen LogP contribution in [0.2, 0.25) is 0 Å². The number of aliphatic imine (C=N–C) groups is 1. The Morgan fingerprint density at radius 3 is 2.58 bits per heavy atom. The van der Waals surface area contributed by atoms with Crippen molar-refractivity contribution in [1.29, 1.82) is 0 Å². The van der Waals surface area contributed by atoms with Gasteiger partial charge in [0.1, 0.15) is 5.75 Å². The highest BCUT2D eigenvalue weighted by atomic mass is 127. The number of hydrogen-bond acceptors (Lipinski definition) is 2. The maximum absolute atomic E-state index is 5.82. The van der Waals surface area contributed by atoms with Crippen molar-refractivity contribution < 1.29 is 4.74 Å². The molecule has 0 aromatic heterocycles. The van der Waals surface area contributed by atoms with Crippen LogP contribution in [0.5, 0.6) is 5.75 Å². The molecule has 0 radical (unpaired) electrons. The molecular weight excluding hydrogens is 421 g/mol. The third-order valence-corrected chi connectivity index (χ3v) is 2.66. The molecule has 19 heavy (non-hydrogen) atoms. The van der Waals surface area contributed by atoms with E-state index < -0.39 is 0 Å². The normalized spacial score (nSPS) is 11.7. The molecule has 0 amide bonds. The number of guanidine groups is 1. The van der Waals surface area contributed by atoms with E-state index in [1.165, 1.54) is 0 Å². The lowest BCUT2D eigenvalue weighted by molar-refractivity contribution is 0.409. The van der Waals surface area contributed by atoms with Gasteiger partial charge in [0.05, 0.1) is 13.7 Å². The summed E-state index contributed by atoms with van der Waals surface area (Å²) >= 11 is 3.43. The molecule has 0 unspecified atom stereocenters. The number of nitrogens with one attached hydrogen (secondary N) is 1. The van der Waals surface area contributed by atoms with Crippen molar-refractivity contribution in [2.24, 2.45) is 10.7 Å². The maximum Gasteiger partial charge on any atom is 0.189 e. The molecule has 6 heteroatoms. The smallest absolute Gasteiger partial charge is 0.189 e. The van der Waals surface area contributed by atoms with Gasteiger partial charge >= 0.3 is 0 Å². The second-order valence-corrected chi connectivity index (χ2v) is 5.95. The number of hydrogen-bond donors (Lipinski definition) is 2. The average Bonchev–Trinajstić information content (AvgIpc) is 2.24. The van der Waals surface area contributed by atoms with Crippen molar-refractivity contribution in [2.45, 2.75) is 32.9 Å². The van der Waals surface area contributed by atoms with Crippen molar-refractivity contribution in [3.8, 4) is 5.75 Å². The Morgan fingerprint density at radius 2 is 2.05 bits per heavy atom. The maximum atomic E-state index is 5.82. The van der Waals surface area contributed by atoms with E-state index in [1.54, 1.807) is 7.11 Å². The first kappa shape index (κ1) is 18.5. The van der Waals surface area contributed by atoms with E-state index in [2.05, 4.69) is 26.2 Å². The van der Waals surface area contributed by atoms with Crippen LogP contribution in [0, 0.1) is 0 Å². The summed E-state index contributed by atoms with van der Waals surface area (Å²) < 4.78 is 6.28. The van der Waals surface area contributed by atoms with Crippen LogP contribution in [-0.2, 0) is 6.54 Å². The van der Waals surface area contributed by atoms with Crippen molar-refractivity contribution in [3.05, 3.63) is 28.2 Å². The van der Waals surface area contributed by atoms with Gasteiger partial charge in [-0.2, -0.15) is 0 Å². The zero-order chi connectivity index (χ0) is 13.8. The lowest BCUT2D eigenvalue weighted by Gasteiger charge is -2.21. The summed E-state index contributed by atoms with van der Waals surface area (Å²) in [7, 11) is 1.65. The lowest BCUT2D eigenvalue weighted by Crippen LogP contribution is -2.44. The summed E-state index contributed by atoms with van der Waals surface area (Å²) in [5.74, 6) is 1.25. The zero-order valence-electron chi connectivity index (χ0n) is 11.7. The first-order valence-electron chi connectivity index (χ1n) is 5.72. The Kier molecular flexibility index (Phi) is 7.73. The van der Waals surface area contributed by atoms with E-state index in [-0.39, 0.29) is 29.5 Å². The van der Waals surface area contributed by atoms with Gasteiger partial charge in [-0.15, -0.1) is 24.0 Å². The minimum absolute atomic E-state index is 0. The molecule has 0 heterocycles. The Bertz CT molecular complexity index is 444. The summed E-state index contributed by atoms with van der Waals surface area (Å²) in [6.07, 6.45) is 0. The Balaban J connectivity index is 0.00000324. The predicted octanol–water partition coefficient (Wildman–Crippen LogP) is 3.28. The molecule has 0 aliphatic rings. The van der Waals surface area contributed by atoms with Gasteiger partial charge in [0.25, 0.3) is 0 Å². The van der Waals surface area contributed by atoms with E-state index in [1.807, 2.05) is 39.0 Å². The van der Waals surface area contributed by atoms with Gasteiger partial charge in [-0.3, -0.25) is 0 Å². The number of nitrogens with zero attached hydrogens (tertiary/aromatic N) is 1. The molecule has 0 saturated carbocycles. The van der Waals surface area contributed by atoms with Crippen molar-refractivity contribution in [2.75, 3.05) is 7.11 Å². The van der Waals surface area contributed by atoms with Gasteiger partial charge in [-0.1, -0.05) is 15.9 Å². The minimum Gasteiger partial charge on any atom is -0.496 e. The molecule has 108 valence electrons. The number of halogens is 2. The first-order valence-corrected chi connectivity index (χ1v) is 6.51. The fourth-order valence-corrected chi connectivity index (χ4v) is 1.87. The first-order chi connectivity index (χ1) is 8.31. The number of ether oxygens (including phenoxy) is 1. The van der Waals surface area contributed by atoms with Crippen LogP contribution >= 0.6 is 39.9 Å². The molecule has 1 aromatic rings. The third-order valence-electron chi connectivity index (χ3n) is 2.17. The molecule has 0 aliphatic heterocycles. The summed E-state index contributed by atoms with van der Waals surface area (Å²) in [4.78, 5) is 4.31. The molecule has 0 spiro atoms. The summed E-state index contributed by atoms with van der Waals surface area (Å²) in [5.41, 5.74) is 6.73. The van der Waals surface area contributed by atoms with E-state index in [0.29, 0.717) is 12.5 Å². The molecule has 0 atom stereocenters. The van der Waals surface area contributed by atoms with Gasteiger partial charge in [-0.25, -0.2) is 4.99 Å². The van der Waals surface area contributed by atoms with Gasteiger partial charge in [0, 0.05) is 15.6 Å². The van der Waals surface area contributed by atoms with Crippen molar-refractivity contribution in [1.82, 2.24) is 5.32 Å². The Morgan fingerprint density at radius 1 is 1.42 bits per heavy atom. The number of methoxy groups -OCH3 is 1. The fraction of sp³-hybridized carbons (Fsp3) is 0.462. The van der Waals surface area contributed by atoms with Gasteiger partial charge in [0.2, 0.25) is 0 Å². The number of nitrogens with two attached hydrogens (primary N) is 1. The van der Waals surface area contributed by atoms with Crippen LogP contribution in [0.4, 0.5) is 0 Å². The van der Waals surface area contributed by atoms with Gasteiger partial charge < -0.3 is 15.8 Å². The van der Waals surface area contributed by atoms with Crippen LogP contribution in [0.3, 0.4) is 0 Å². The van der Waals surface area contributed by atoms with Crippen LogP contribution in [-0.4, -0.2) is 18.6 Å². The van der Waals surface area contributed by atoms with Gasteiger partial charge in [0.15, 0.2) is 5.96 Å². The molecule has 0 aliphatic carbocycles. The Labute approximate surface area is 140 Å². The van der Waals surface area contributed by atoms with Gasteiger partial charge in [-0.05, 0) is 39.0 Å². The zero-order valence-corrected chi connectivity index (χ0v) is 15.6. The predicted molar refractivity (Wildman–Crippen MR) is 94.3 cm³/mol. The minimum atomic E-state index is -0.0884. The molecule has 0 saturated heterocycles. The van der Waals surface area contributed by atoms with E-state index in [0.717, 1.165) is 15.8 Å². The van der Waals surface area contributed by atoms with Crippen LogP contribution in [0.25, 0.3) is 0 Å². The van der Waals surface area contributed by atoms with Crippen LogP contribution < -0.4 is 15.8 Å². The third kappa shape index (κ3) is 7.00. The fourth-order valence-electron chi connectivity index (χ4n) is 1.46. The molecule has 0 bridgehead atoms. The highest BCUT2D eigenvalue weighted by molar-refractivity contribution is 14.0. The van der Waals surface area contributed by atoms with E-state index in [4.69, 9.17) is 10.5 Å². The van der Waals surface area contributed by atoms with Crippen molar-refractivity contribution in [3.63, 3.8) is 0 Å². The second-order valence-electron chi connectivity index (χ2n) is 5.03. The molecule has 0 fully saturated rings. The second kappa shape index (κ2) is 7.94. The number of rotatable bonds is 3. The van der Waals surface area contributed by atoms with Crippen LogP contribution in [0.1, 0.15) is 26.3 Å². The molecular formula is C13H21BrIN3O. The summed E-state index contributed by atoms with van der Waals surface area (Å²) in [5, 5.41) is 3.12. The standard InChI is InChI=1S/C13H20BrN3O.HI/c1-13(2,3)17-12(15)16-8-9-7-10(14)5-6-11(9)18-4;/h5-7H,8H2,1-4H3,(H3,15,16,17);1H. The molecule has 1 aromatic carbocycles.